The first-order valence-corrected chi connectivity index (χ1v) is 4.18. The van der Waals surface area contributed by atoms with Crippen molar-refractivity contribution >= 4 is 0 Å². The molecule has 0 amide bonds. The molecule has 0 saturated heterocycles. The van der Waals surface area contributed by atoms with E-state index in [0.717, 1.165) is 0 Å². The Kier molecular flexibility index (Phi) is 3.70. The Morgan fingerprint density at radius 1 is 1.17 bits per heavy atom. The van der Waals surface area contributed by atoms with E-state index in [4.69, 9.17) is 5.11 Å². The van der Waals surface area contributed by atoms with Crippen molar-refractivity contribution in [1.82, 2.24) is 4.98 Å². The highest BCUT2D eigenvalue weighted by atomic mass is 19.4. The Morgan fingerprint density at radius 2 is 1.72 bits per heavy atom. The van der Waals surface area contributed by atoms with E-state index in [1.54, 1.807) is 0 Å². The first-order chi connectivity index (χ1) is 8.04. The van der Waals surface area contributed by atoms with Gasteiger partial charge in [0.05, 0.1) is 17.9 Å². The van der Waals surface area contributed by atoms with Gasteiger partial charge in [-0.05, 0) is 6.07 Å². The summed E-state index contributed by atoms with van der Waals surface area (Å²) in [6.45, 7) is -1.10. The normalized spacial score (nSPS) is 12.7. The zero-order chi connectivity index (χ0) is 14.1. The number of nitrogens with zero attached hydrogens (tertiary/aromatic N) is 1. The van der Waals surface area contributed by atoms with Crippen LogP contribution in [0.25, 0.3) is 0 Å². The maximum absolute atomic E-state index is 13.1. The summed E-state index contributed by atoms with van der Waals surface area (Å²) in [7, 11) is 0. The van der Waals surface area contributed by atoms with Crippen LogP contribution in [0.5, 0.6) is 5.88 Å². The molecule has 1 aromatic heterocycles. The van der Waals surface area contributed by atoms with Crippen LogP contribution in [0.15, 0.2) is 6.07 Å². The van der Waals surface area contributed by atoms with E-state index >= 15 is 0 Å². The van der Waals surface area contributed by atoms with E-state index in [-0.39, 0.29) is 6.07 Å². The predicted octanol–water partition coefficient (Wildman–Crippen LogP) is 2.63. The molecule has 1 N–H and O–H groups in total. The van der Waals surface area contributed by atoms with Crippen molar-refractivity contribution in [3.05, 3.63) is 23.1 Å². The highest BCUT2D eigenvalue weighted by Gasteiger charge is 2.40. The number of aliphatic hydroxyl groups excluding tert-OH is 1. The summed E-state index contributed by atoms with van der Waals surface area (Å²) in [4.78, 5) is 2.78. The van der Waals surface area contributed by atoms with Crippen LogP contribution in [0.2, 0.25) is 0 Å². The van der Waals surface area contributed by atoms with Crippen LogP contribution in [0, 0.1) is 5.82 Å². The molecular formula is C8H4F7NO2. The van der Waals surface area contributed by atoms with Crippen molar-refractivity contribution in [2.45, 2.75) is 19.1 Å². The average molecular weight is 279 g/mol. The molecule has 0 fully saturated rings. The fourth-order valence-electron chi connectivity index (χ4n) is 1.02. The zero-order valence-corrected chi connectivity index (χ0v) is 8.23. The number of aromatic nitrogens is 1. The van der Waals surface area contributed by atoms with Crippen LogP contribution < -0.4 is 4.74 Å². The Bertz CT molecular complexity index is 440. The molecule has 1 heterocycles. The molecule has 1 rings (SSSR count). The van der Waals surface area contributed by atoms with E-state index < -0.39 is 42.1 Å². The first kappa shape index (κ1) is 14.5. The second-order valence-corrected chi connectivity index (χ2v) is 2.98. The molecular weight excluding hydrogens is 275 g/mol. The molecule has 0 aromatic carbocycles. The number of hydrogen-bond donors (Lipinski definition) is 1. The van der Waals surface area contributed by atoms with Crippen molar-refractivity contribution in [2.75, 3.05) is 0 Å². The highest BCUT2D eigenvalue weighted by Crippen LogP contribution is 2.36. The Morgan fingerprint density at radius 3 is 2.11 bits per heavy atom. The molecule has 1 aromatic rings. The van der Waals surface area contributed by atoms with Crippen molar-refractivity contribution in [1.29, 1.82) is 0 Å². The average Bonchev–Trinajstić information content (AvgIpc) is 2.17. The van der Waals surface area contributed by atoms with E-state index in [1.807, 2.05) is 0 Å². The monoisotopic (exact) mass is 279 g/mol. The van der Waals surface area contributed by atoms with Crippen LogP contribution in [0.3, 0.4) is 0 Å². The molecule has 102 valence electrons. The minimum absolute atomic E-state index is 0.0958. The molecule has 0 spiro atoms. The lowest BCUT2D eigenvalue weighted by atomic mass is 10.2. The number of alkyl halides is 6. The van der Waals surface area contributed by atoms with Crippen LogP contribution in [-0.2, 0) is 12.8 Å². The summed E-state index contributed by atoms with van der Waals surface area (Å²) in [6, 6.07) is 0.0958. The lowest BCUT2D eigenvalue weighted by molar-refractivity contribution is -0.277. The molecule has 0 aliphatic carbocycles. The highest BCUT2D eigenvalue weighted by molar-refractivity contribution is 5.29. The second-order valence-electron chi connectivity index (χ2n) is 2.98. The standard InChI is InChI=1S/C8H4F7NO2/c9-5-4(7(10,11)12)1-3(2-17)16-6(5)18-8(13,14)15/h1,17H,2H2. The zero-order valence-electron chi connectivity index (χ0n) is 8.23. The Hall–Kier alpha value is -1.58. The van der Waals surface area contributed by atoms with Gasteiger partial charge in [-0.2, -0.15) is 13.2 Å². The summed E-state index contributed by atoms with van der Waals surface area (Å²) < 4.78 is 88.5. The number of hydrogen-bond acceptors (Lipinski definition) is 3. The molecule has 0 saturated carbocycles. The van der Waals surface area contributed by atoms with Gasteiger partial charge in [0.25, 0.3) is 5.88 Å². The minimum atomic E-state index is -5.40. The van der Waals surface area contributed by atoms with Crippen LogP contribution in [-0.4, -0.2) is 16.5 Å². The summed E-state index contributed by atoms with van der Waals surface area (Å²) in [6.07, 6.45) is -10.6. The maximum Gasteiger partial charge on any atom is 0.574 e. The number of ether oxygens (including phenoxy) is 1. The largest absolute Gasteiger partial charge is 0.574 e. The molecule has 0 aliphatic heterocycles. The number of halogens is 7. The quantitative estimate of drug-likeness (QED) is 0.846. The molecule has 0 bridgehead atoms. The van der Waals surface area contributed by atoms with Gasteiger partial charge in [0.1, 0.15) is 0 Å². The smallest absolute Gasteiger partial charge is 0.390 e. The Balaban J connectivity index is 3.34. The SMILES string of the molecule is OCc1cc(C(F)(F)F)c(F)c(OC(F)(F)F)n1. The van der Waals surface area contributed by atoms with Crippen molar-refractivity contribution in [2.24, 2.45) is 0 Å². The molecule has 0 atom stereocenters. The predicted molar refractivity (Wildman–Crippen MR) is 41.8 cm³/mol. The van der Waals surface area contributed by atoms with Crippen molar-refractivity contribution in [3.8, 4) is 5.88 Å². The molecule has 0 radical (unpaired) electrons. The molecule has 18 heavy (non-hydrogen) atoms. The fraction of sp³-hybridized carbons (Fsp3) is 0.375. The van der Waals surface area contributed by atoms with Gasteiger partial charge in [-0.1, -0.05) is 0 Å². The molecule has 0 unspecified atom stereocenters. The second kappa shape index (κ2) is 4.59. The summed E-state index contributed by atoms with van der Waals surface area (Å²) in [5.41, 5.74) is -2.80. The van der Waals surface area contributed by atoms with Gasteiger partial charge in [-0.3, -0.25) is 0 Å². The maximum atomic E-state index is 13.1. The van der Waals surface area contributed by atoms with Gasteiger partial charge in [0.15, 0.2) is 5.82 Å². The number of pyridine rings is 1. The van der Waals surface area contributed by atoms with Gasteiger partial charge in [-0.15, -0.1) is 13.2 Å². The third kappa shape index (κ3) is 3.45. The Labute approximate surface area is 94.8 Å². The number of rotatable bonds is 2. The van der Waals surface area contributed by atoms with E-state index in [0.29, 0.717) is 0 Å². The van der Waals surface area contributed by atoms with Gasteiger partial charge in [0.2, 0.25) is 0 Å². The summed E-state index contributed by atoms with van der Waals surface area (Å²) in [5.74, 6) is -4.18. The van der Waals surface area contributed by atoms with E-state index in [2.05, 4.69) is 9.72 Å². The minimum Gasteiger partial charge on any atom is -0.390 e. The molecule has 0 aliphatic rings. The first-order valence-electron chi connectivity index (χ1n) is 4.18. The summed E-state index contributed by atoms with van der Waals surface area (Å²) in [5, 5.41) is 8.55. The van der Waals surface area contributed by atoms with Crippen molar-refractivity contribution < 1.29 is 40.6 Å². The van der Waals surface area contributed by atoms with Crippen LogP contribution in [0.1, 0.15) is 11.3 Å². The third-order valence-corrected chi connectivity index (χ3v) is 1.66. The molecule has 3 nitrogen and oxygen atoms in total. The van der Waals surface area contributed by atoms with E-state index in [1.165, 1.54) is 0 Å². The van der Waals surface area contributed by atoms with Gasteiger partial charge in [0, 0.05) is 0 Å². The summed E-state index contributed by atoms with van der Waals surface area (Å²) >= 11 is 0. The molecule has 10 heteroatoms. The third-order valence-electron chi connectivity index (χ3n) is 1.66. The topological polar surface area (TPSA) is 42.4 Å². The van der Waals surface area contributed by atoms with Crippen molar-refractivity contribution in [3.63, 3.8) is 0 Å². The lowest BCUT2D eigenvalue weighted by Gasteiger charge is -2.14. The van der Waals surface area contributed by atoms with Gasteiger partial charge < -0.3 is 9.84 Å². The van der Waals surface area contributed by atoms with E-state index in [9.17, 15) is 30.7 Å². The fourth-order valence-corrected chi connectivity index (χ4v) is 1.02. The number of aliphatic hydroxyl groups is 1. The van der Waals surface area contributed by atoms with Gasteiger partial charge in [-0.25, -0.2) is 9.37 Å². The van der Waals surface area contributed by atoms with Gasteiger partial charge >= 0.3 is 12.5 Å². The lowest BCUT2D eigenvalue weighted by Crippen LogP contribution is -2.21. The van der Waals surface area contributed by atoms with Crippen LogP contribution in [0.4, 0.5) is 30.7 Å². The van der Waals surface area contributed by atoms with Crippen LogP contribution >= 0.6 is 0 Å².